The molecule has 0 aliphatic heterocycles. The maximum Gasteiger partial charge on any atom is 0.0499 e. The van der Waals surface area contributed by atoms with Crippen LogP contribution in [0, 0.1) is 5.41 Å². The van der Waals surface area contributed by atoms with Gasteiger partial charge in [-0.1, -0.05) is 19.9 Å². The topological polar surface area (TPSA) is 32.3 Å². The van der Waals surface area contributed by atoms with Crippen molar-refractivity contribution in [2.75, 3.05) is 13.2 Å². The normalized spacial score (nSPS) is 13.9. The summed E-state index contributed by atoms with van der Waals surface area (Å²) < 4.78 is 0. The Morgan fingerprint density at radius 2 is 2.12 bits per heavy atom. The van der Waals surface area contributed by atoms with Crippen molar-refractivity contribution in [1.29, 1.82) is 0 Å². The maximum atomic E-state index is 9.51. The first-order valence-electron chi connectivity index (χ1n) is 6.52. The molecular weight excluding hydrogens is 230 g/mol. The van der Waals surface area contributed by atoms with Crippen LogP contribution in [0.5, 0.6) is 0 Å². The number of hydrogen-bond acceptors (Lipinski definition) is 3. The Kier molecular flexibility index (Phi) is 6.17. The molecule has 3 heteroatoms. The Balaban J connectivity index is 2.38. The van der Waals surface area contributed by atoms with E-state index in [0.717, 1.165) is 25.8 Å². The number of aliphatic hydroxyl groups excluding tert-OH is 1. The van der Waals surface area contributed by atoms with Crippen molar-refractivity contribution in [1.82, 2.24) is 5.32 Å². The van der Waals surface area contributed by atoms with Crippen LogP contribution in [0.4, 0.5) is 0 Å². The Morgan fingerprint density at radius 1 is 1.41 bits per heavy atom. The van der Waals surface area contributed by atoms with Gasteiger partial charge >= 0.3 is 0 Å². The van der Waals surface area contributed by atoms with E-state index in [0.29, 0.717) is 6.04 Å². The van der Waals surface area contributed by atoms with Crippen LogP contribution in [0.15, 0.2) is 17.5 Å². The fourth-order valence-electron chi connectivity index (χ4n) is 1.97. The lowest BCUT2D eigenvalue weighted by molar-refractivity contribution is 0.110. The summed E-state index contributed by atoms with van der Waals surface area (Å²) in [6, 6.07) is 4.75. The Hall–Kier alpha value is -0.380. The molecule has 1 rings (SSSR count). The summed E-state index contributed by atoms with van der Waals surface area (Å²) in [6.45, 7) is 7.71. The zero-order valence-corrected chi connectivity index (χ0v) is 12.0. The van der Waals surface area contributed by atoms with Crippen LogP contribution in [0.3, 0.4) is 0 Å². The molecule has 1 aromatic rings. The number of aliphatic hydroxyl groups is 1. The van der Waals surface area contributed by atoms with Crippen LogP contribution >= 0.6 is 11.3 Å². The average molecular weight is 255 g/mol. The lowest BCUT2D eigenvalue weighted by Gasteiger charge is -2.31. The van der Waals surface area contributed by atoms with Crippen LogP contribution in [-0.2, 0) is 6.42 Å². The van der Waals surface area contributed by atoms with Crippen molar-refractivity contribution in [3.8, 4) is 0 Å². The average Bonchev–Trinajstić information content (AvgIpc) is 2.84. The van der Waals surface area contributed by atoms with Crippen molar-refractivity contribution >= 4 is 11.3 Å². The third-order valence-electron chi connectivity index (χ3n) is 3.75. The maximum absolute atomic E-state index is 9.51. The predicted molar refractivity (Wildman–Crippen MR) is 75.6 cm³/mol. The molecule has 0 saturated heterocycles. The van der Waals surface area contributed by atoms with Gasteiger partial charge in [0.15, 0.2) is 0 Å². The first-order chi connectivity index (χ1) is 8.15. The molecule has 98 valence electrons. The highest BCUT2D eigenvalue weighted by Crippen LogP contribution is 2.24. The molecule has 1 unspecified atom stereocenters. The van der Waals surface area contributed by atoms with E-state index in [4.69, 9.17) is 0 Å². The van der Waals surface area contributed by atoms with E-state index >= 15 is 0 Å². The van der Waals surface area contributed by atoms with Gasteiger partial charge in [-0.2, -0.15) is 0 Å². The van der Waals surface area contributed by atoms with E-state index in [9.17, 15) is 5.11 Å². The van der Waals surface area contributed by atoms with Gasteiger partial charge in [-0.15, -0.1) is 11.3 Å². The molecule has 1 aromatic heterocycles. The summed E-state index contributed by atoms with van der Waals surface area (Å²) >= 11 is 1.81. The minimum Gasteiger partial charge on any atom is -0.396 e. The highest BCUT2D eigenvalue weighted by molar-refractivity contribution is 7.09. The SMILES string of the molecule is CCC(CC)(CO)CNC(C)Cc1cccs1. The second-order valence-corrected chi connectivity index (χ2v) is 5.96. The number of rotatable bonds is 8. The number of hydrogen-bond donors (Lipinski definition) is 2. The monoisotopic (exact) mass is 255 g/mol. The molecule has 2 N–H and O–H groups in total. The van der Waals surface area contributed by atoms with E-state index in [2.05, 4.69) is 43.6 Å². The molecule has 0 aliphatic carbocycles. The predicted octanol–water partition coefficient (Wildman–Crippen LogP) is 3.07. The molecule has 0 aromatic carbocycles. The molecule has 0 saturated carbocycles. The third kappa shape index (κ3) is 4.41. The van der Waals surface area contributed by atoms with Gasteiger partial charge in [0.05, 0.1) is 0 Å². The van der Waals surface area contributed by atoms with Crippen molar-refractivity contribution in [3.05, 3.63) is 22.4 Å². The minimum absolute atomic E-state index is 0.0592. The third-order valence-corrected chi connectivity index (χ3v) is 4.65. The van der Waals surface area contributed by atoms with Crippen LogP contribution in [-0.4, -0.2) is 24.3 Å². The van der Waals surface area contributed by atoms with Gasteiger partial charge in [0.2, 0.25) is 0 Å². The molecular formula is C14H25NOS. The fraction of sp³-hybridized carbons (Fsp3) is 0.714. The van der Waals surface area contributed by atoms with Gasteiger partial charge in [0.1, 0.15) is 0 Å². The van der Waals surface area contributed by atoms with Crippen LogP contribution in [0.2, 0.25) is 0 Å². The zero-order chi connectivity index (χ0) is 12.7. The first-order valence-corrected chi connectivity index (χ1v) is 7.40. The van der Waals surface area contributed by atoms with Gasteiger partial charge in [0, 0.05) is 29.5 Å². The Bertz CT molecular complexity index is 285. The molecule has 0 amide bonds. The quantitative estimate of drug-likeness (QED) is 0.748. The standard InChI is InChI=1S/C14H25NOS/c1-4-14(5-2,11-16)10-15-12(3)9-13-7-6-8-17-13/h6-8,12,15-16H,4-5,9-11H2,1-3H3. The molecule has 1 atom stereocenters. The second kappa shape index (κ2) is 7.14. The van der Waals surface area contributed by atoms with Gasteiger partial charge in [-0.05, 0) is 37.6 Å². The summed E-state index contributed by atoms with van der Waals surface area (Å²) in [4.78, 5) is 1.42. The highest BCUT2D eigenvalue weighted by Gasteiger charge is 2.25. The molecule has 0 fully saturated rings. The van der Waals surface area contributed by atoms with Gasteiger partial charge in [0.25, 0.3) is 0 Å². The number of nitrogens with one attached hydrogen (secondary N) is 1. The van der Waals surface area contributed by atoms with Crippen molar-refractivity contribution in [2.45, 2.75) is 46.1 Å². The summed E-state index contributed by atoms with van der Waals surface area (Å²) in [7, 11) is 0. The molecule has 0 radical (unpaired) electrons. The Labute approximate surface area is 109 Å². The Morgan fingerprint density at radius 3 is 2.59 bits per heavy atom. The molecule has 17 heavy (non-hydrogen) atoms. The van der Waals surface area contributed by atoms with Crippen LogP contribution in [0.25, 0.3) is 0 Å². The lowest BCUT2D eigenvalue weighted by atomic mass is 9.83. The molecule has 0 bridgehead atoms. The van der Waals surface area contributed by atoms with E-state index in [1.54, 1.807) is 0 Å². The van der Waals surface area contributed by atoms with Crippen molar-refractivity contribution in [2.24, 2.45) is 5.41 Å². The van der Waals surface area contributed by atoms with E-state index in [-0.39, 0.29) is 12.0 Å². The summed E-state index contributed by atoms with van der Waals surface area (Å²) in [5.41, 5.74) is 0.0592. The molecule has 1 heterocycles. The van der Waals surface area contributed by atoms with Crippen LogP contribution < -0.4 is 5.32 Å². The van der Waals surface area contributed by atoms with E-state index in [1.807, 2.05) is 11.3 Å². The van der Waals surface area contributed by atoms with E-state index in [1.165, 1.54) is 4.88 Å². The van der Waals surface area contributed by atoms with Crippen molar-refractivity contribution < 1.29 is 5.11 Å². The second-order valence-electron chi connectivity index (χ2n) is 4.93. The smallest absolute Gasteiger partial charge is 0.0499 e. The largest absolute Gasteiger partial charge is 0.396 e. The minimum atomic E-state index is 0.0592. The zero-order valence-electron chi connectivity index (χ0n) is 11.2. The molecule has 0 aliphatic rings. The van der Waals surface area contributed by atoms with Crippen LogP contribution in [0.1, 0.15) is 38.5 Å². The summed E-state index contributed by atoms with van der Waals surface area (Å²) in [5.74, 6) is 0. The lowest BCUT2D eigenvalue weighted by Crippen LogP contribution is -2.41. The fourth-order valence-corrected chi connectivity index (χ4v) is 2.81. The molecule has 0 spiro atoms. The van der Waals surface area contributed by atoms with Gasteiger partial charge in [-0.3, -0.25) is 0 Å². The van der Waals surface area contributed by atoms with Crippen molar-refractivity contribution in [3.63, 3.8) is 0 Å². The van der Waals surface area contributed by atoms with Gasteiger partial charge < -0.3 is 10.4 Å². The first kappa shape index (κ1) is 14.7. The van der Waals surface area contributed by atoms with Gasteiger partial charge in [-0.25, -0.2) is 0 Å². The van der Waals surface area contributed by atoms with E-state index < -0.39 is 0 Å². The summed E-state index contributed by atoms with van der Waals surface area (Å²) in [5, 5.41) is 15.2. The number of thiophene rings is 1. The summed E-state index contributed by atoms with van der Waals surface area (Å²) in [6.07, 6.45) is 3.13. The molecule has 2 nitrogen and oxygen atoms in total. The highest BCUT2D eigenvalue weighted by atomic mass is 32.1.